The van der Waals surface area contributed by atoms with E-state index < -0.39 is 4.92 Å². The summed E-state index contributed by atoms with van der Waals surface area (Å²) in [6.07, 6.45) is 2.09. The number of anilines is 1. The maximum Gasteiger partial charge on any atom is 0.270 e. The molecule has 3 N–H and O–H groups in total. The zero-order chi connectivity index (χ0) is 15.4. The lowest BCUT2D eigenvalue weighted by atomic mass is 9.97. The highest BCUT2D eigenvalue weighted by Crippen LogP contribution is 2.20. The van der Waals surface area contributed by atoms with Gasteiger partial charge in [0.25, 0.3) is 11.6 Å². The average molecular weight is 292 g/mol. The number of rotatable bonds is 4. The quantitative estimate of drug-likeness (QED) is 0.494. The van der Waals surface area contributed by atoms with Gasteiger partial charge < -0.3 is 16.0 Å². The van der Waals surface area contributed by atoms with Crippen LogP contribution in [-0.4, -0.2) is 42.4 Å². The molecule has 1 aliphatic heterocycles. The molecule has 1 saturated heterocycles. The second-order valence-electron chi connectivity index (χ2n) is 5.49. The van der Waals surface area contributed by atoms with Gasteiger partial charge in [0, 0.05) is 24.4 Å². The first-order chi connectivity index (χ1) is 9.97. The maximum atomic E-state index is 12.1. The van der Waals surface area contributed by atoms with Crippen LogP contribution in [0.4, 0.5) is 11.4 Å². The summed E-state index contributed by atoms with van der Waals surface area (Å²) in [6.45, 7) is 2.63. The van der Waals surface area contributed by atoms with E-state index in [9.17, 15) is 14.9 Å². The monoisotopic (exact) mass is 292 g/mol. The van der Waals surface area contributed by atoms with Crippen molar-refractivity contribution in [1.82, 2.24) is 10.2 Å². The first kappa shape index (κ1) is 15.2. The lowest BCUT2D eigenvalue weighted by Gasteiger charge is -2.28. The number of likely N-dealkylation sites (tertiary alicyclic amines) is 1. The van der Waals surface area contributed by atoms with Gasteiger partial charge in [0.15, 0.2) is 0 Å². The summed E-state index contributed by atoms with van der Waals surface area (Å²) in [4.78, 5) is 24.6. The fourth-order valence-corrected chi connectivity index (χ4v) is 2.45. The number of nitrogen functional groups attached to an aromatic ring is 1. The molecule has 0 spiro atoms. The Morgan fingerprint density at radius 3 is 2.76 bits per heavy atom. The van der Waals surface area contributed by atoms with Crippen molar-refractivity contribution < 1.29 is 9.72 Å². The van der Waals surface area contributed by atoms with Crippen LogP contribution in [0, 0.1) is 16.0 Å². The van der Waals surface area contributed by atoms with Crippen molar-refractivity contribution in [2.45, 2.75) is 12.8 Å². The first-order valence-electron chi connectivity index (χ1n) is 6.98. The molecule has 1 aliphatic rings. The van der Waals surface area contributed by atoms with Gasteiger partial charge in [-0.25, -0.2) is 0 Å². The fraction of sp³-hybridized carbons (Fsp3) is 0.500. The Balaban J connectivity index is 1.97. The SMILES string of the molecule is CN1CCC(CNC(=O)c2cc([N+](=O)[O-])ccc2N)CC1. The Morgan fingerprint density at radius 1 is 1.48 bits per heavy atom. The highest BCUT2D eigenvalue weighted by molar-refractivity contribution is 5.99. The number of amides is 1. The highest BCUT2D eigenvalue weighted by atomic mass is 16.6. The molecule has 1 aromatic carbocycles. The van der Waals surface area contributed by atoms with Crippen molar-refractivity contribution in [1.29, 1.82) is 0 Å². The molecule has 2 rings (SSSR count). The molecule has 1 fully saturated rings. The number of hydrogen-bond donors (Lipinski definition) is 2. The average Bonchev–Trinajstić information content (AvgIpc) is 2.46. The Labute approximate surface area is 123 Å². The number of nitrogens with zero attached hydrogens (tertiary/aromatic N) is 2. The Hall–Kier alpha value is -2.15. The molecule has 1 heterocycles. The second-order valence-corrected chi connectivity index (χ2v) is 5.49. The molecule has 0 bridgehead atoms. The van der Waals surface area contributed by atoms with Crippen molar-refractivity contribution in [3.05, 3.63) is 33.9 Å². The van der Waals surface area contributed by atoms with Crippen LogP contribution in [0.3, 0.4) is 0 Å². The molecule has 0 saturated carbocycles. The van der Waals surface area contributed by atoms with E-state index >= 15 is 0 Å². The second kappa shape index (κ2) is 6.53. The van der Waals surface area contributed by atoms with Crippen LogP contribution in [0.1, 0.15) is 23.2 Å². The number of benzene rings is 1. The molecule has 21 heavy (non-hydrogen) atoms. The summed E-state index contributed by atoms with van der Waals surface area (Å²) in [6, 6.07) is 3.91. The van der Waals surface area contributed by atoms with Crippen molar-refractivity contribution in [2.75, 3.05) is 32.4 Å². The first-order valence-corrected chi connectivity index (χ1v) is 6.98. The van der Waals surface area contributed by atoms with Gasteiger partial charge in [-0.05, 0) is 45.0 Å². The van der Waals surface area contributed by atoms with Gasteiger partial charge in [-0.2, -0.15) is 0 Å². The normalized spacial score (nSPS) is 16.6. The van der Waals surface area contributed by atoms with Crippen LogP contribution < -0.4 is 11.1 Å². The van der Waals surface area contributed by atoms with E-state index in [-0.39, 0.29) is 22.8 Å². The molecule has 114 valence electrons. The number of piperidine rings is 1. The van der Waals surface area contributed by atoms with E-state index in [1.165, 1.54) is 18.2 Å². The number of carbonyl (C=O) groups excluding carboxylic acids is 1. The standard InChI is InChI=1S/C14H20N4O3/c1-17-6-4-10(5-7-17)9-16-14(19)12-8-11(18(20)21)2-3-13(12)15/h2-3,8,10H,4-7,9,15H2,1H3,(H,16,19). The summed E-state index contributed by atoms with van der Waals surface area (Å²) in [5.74, 6) is 0.0974. The zero-order valence-electron chi connectivity index (χ0n) is 12.0. The van der Waals surface area contributed by atoms with Crippen LogP contribution in [0.15, 0.2) is 18.2 Å². The van der Waals surface area contributed by atoms with E-state index in [2.05, 4.69) is 17.3 Å². The lowest BCUT2D eigenvalue weighted by molar-refractivity contribution is -0.384. The highest BCUT2D eigenvalue weighted by Gasteiger charge is 2.19. The molecule has 1 amide bonds. The fourth-order valence-electron chi connectivity index (χ4n) is 2.45. The third-order valence-electron chi connectivity index (χ3n) is 3.88. The molecule has 7 nitrogen and oxygen atoms in total. The minimum Gasteiger partial charge on any atom is -0.398 e. The van der Waals surface area contributed by atoms with Crippen LogP contribution in [0.25, 0.3) is 0 Å². The number of hydrogen-bond acceptors (Lipinski definition) is 5. The van der Waals surface area contributed by atoms with Gasteiger partial charge in [0.05, 0.1) is 10.5 Å². The van der Waals surface area contributed by atoms with Crippen LogP contribution in [-0.2, 0) is 0 Å². The third-order valence-corrected chi connectivity index (χ3v) is 3.88. The van der Waals surface area contributed by atoms with Gasteiger partial charge in [-0.1, -0.05) is 0 Å². The molecule has 0 unspecified atom stereocenters. The van der Waals surface area contributed by atoms with Gasteiger partial charge in [0.2, 0.25) is 0 Å². The largest absolute Gasteiger partial charge is 0.398 e. The number of nitrogens with two attached hydrogens (primary N) is 1. The third kappa shape index (κ3) is 3.91. The van der Waals surface area contributed by atoms with Gasteiger partial charge in [-0.15, -0.1) is 0 Å². The lowest BCUT2D eigenvalue weighted by Crippen LogP contribution is -2.37. The van der Waals surface area contributed by atoms with Gasteiger partial charge >= 0.3 is 0 Å². The summed E-state index contributed by atoms with van der Waals surface area (Å²) in [5.41, 5.74) is 6.01. The number of nitro groups is 1. The number of non-ortho nitro benzene ring substituents is 1. The van der Waals surface area contributed by atoms with E-state index in [1.54, 1.807) is 0 Å². The smallest absolute Gasteiger partial charge is 0.270 e. The zero-order valence-corrected chi connectivity index (χ0v) is 12.0. The minimum absolute atomic E-state index is 0.131. The van der Waals surface area contributed by atoms with Crippen molar-refractivity contribution in [3.8, 4) is 0 Å². The van der Waals surface area contributed by atoms with Crippen molar-refractivity contribution >= 4 is 17.3 Å². The Morgan fingerprint density at radius 2 is 2.14 bits per heavy atom. The number of nitrogens with one attached hydrogen (secondary N) is 1. The minimum atomic E-state index is -0.535. The molecule has 1 aromatic rings. The Bertz CT molecular complexity index is 539. The van der Waals surface area contributed by atoms with E-state index in [0.717, 1.165) is 25.9 Å². The van der Waals surface area contributed by atoms with Crippen molar-refractivity contribution in [3.63, 3.8) is 0 Å². The summed E-state index contributed by atoms with van der Waals surface area (Å²) in [5, 5.41) is 13.6. The van der Waals surface area contributed by atoms with Crippen molar-refractivity contribution in [2.24, 2.45) is 5.92 Å². The molecule has 7 heteroatoms. The number of carbonyl (C=O) groups is 1. The number of nitro benzene ring substituents is 1. The van der Waals surface area contributed by atoms with E-state index in [1.807, 2.05) is 0 Å². The summed E-state index contributed by atoms with van der Waals surface area (Å²) < 4.78 is 0. The maximum absolute atomic E-state index is 12.1. The predicted octanol–water partition coefficient (Wildman–Crippen LogP) is 1.25. The van der Waals surface area contributed by atoms with Crippen LogP contribution in [0.5, 0.6) is 0 Å². The molecular formula is C14H20N4O3. The molecule has 0 aromatic heterocycles. The van der Waals surface area contributed by atoms with Gasteiger partial charge in [-0.3, -0.25) is 14.9 Å². The summed E-state index contributed by atoms with van der Waals surface area (Å²) >= 11 is 0. The van der Waals surface area contributed by atoms with E-state index in [0.29, 0.717) is 12.5 Å². The Kier molecular flexibility index (Phi) is 4.74. The van der Waals surface area contributed by atoms with E-state index in [4.69, 9.17) is 5.73 Å². The van der Waals surface area contributed by atoms with Gasteiger partial charge in [0.1, 0.15) is 0 Å². The molecular weight excluding hydrogens is 272 g/mol. The van der Waals surface area contributed by atoms with Crippen LogP contribution in [0.2, 0.25) is 0 Å². The topological polar surface area (TPSA) is 102 Å². The molecule has 0 aliphatic carbocycles. The van der Waals surface area contributed by atoms with Crippen LogP contribution >= 0.6 is 0 Å². The molecule has 0 atom stereocenters. The summed E-state index contributed by atoms with van der Waals surface area (Å²) in [7, 11) is 2.08. The predicted molar refractivity (Wildman–Crippen MR) is 80.1 cm³/mol. The molecule has 0 radical (unpaired) electrons.